The van der Waals surface area contributed by atoms with Crippen molar-refractivity contribution in [3.05, 3.63) is 35.8 Å². The normalized spacial score (nSPS) is 11.3. The molecule has 7 nitrogen and oxygen atoms in total. The van der Waals surface area contributed by atoms with Crippen LogP contribution < -0.4 is 5.32 Å². The first-order valence-corrected chi connectivity index (χ1v) is 7.21. The second kappa shape index (κ2) is 7.88. The van der Waals surface area contributed by atoms with Gasteiger partial charge in [-0.2, -0.15) is 0 Å². The second-order valence-corrected chi connectivity index (χ2v) is 5.17. The lowest BCUT2D eigenvalue weighted by molar-refractivity contribution is 0.0834. The van der Waals surface area contributed by atoms with Gasteiger partial charge in [0.15, 0.2) is 5.69 Å². The van der Waals surface area contributed by atoms with Gasteiger partial charge in [0.25, 0.3) is 5.91 Å². The van der Waals surface area contributed by atoms with Crippen LogP contribution >= 0.6 is 0 Å². The molecule has 2 N–H and O–H groups in total. The molecule has 2 heterocycles. The van der Waals surface area contributed by atoms with E-state index in [1.165, 1.54) is 0 Å². The predicted octanol–water partition coefficient (Wildman–Crippen LogP) is 0.135. The van der Waals surface area contributed by atoms with Crippen molar-refractivity contribution in [1.82, 2.24) is 19.6 Å². The first kappa shape index (κ1) is 16.4. The van der Waals surface area contributed by atoms with E-state index in [1.54, 1.807) is 0 Å². The van der Waals surface area contributed by atoms with E-state index in [-0.39, 0.29) is 19.1 Å². The largest absolute Gasteiger partial charge is 0.394 e. The number of rotatable bonds is 8. The van der Waals surface area contributed by atoms with Crippen LogP contribution in [0.1, 0.15) is 16.2 Å². The van der Waals surface area contributed by atoms with Gasteiger partial charge in [0.05, 0.1) is 25.5 Å². The van der Waals surface area contributed by atoms with E-state index in [0.29, 0.717) is 25.4 Å². The zero-order chi connectivity index (χ0) is 15.9. The van der Waals surface area contributed by atoms with Crippen molar-refractivity contribution < 1.29 is 14.6 Å². The molecule has 0 aliphatic rings. The summed E-state index contributed by atoms with van der Waals surface area (Å²) in [5.41, 5.74) is 2.04. The molecule has 0 unspecified atom stereocenters. The third kappa shape index (κ3) is 4.03. The van der Waals surface area contributed by atoms with E-state index in [9.17, 15) is 4.79 Å². The molecule has 2 aromatic heterocycles. The number of fused-ring (bicyclic) bond motifs is 1. The van der Waals surface area contributed by atoms with Crippen molar-refractivity contribution in [2.24, 2.45) is 0 Å². The molecule has 0 fully saturated rings. The van der Waals surface area contributed by atoms with Gasteiger partial charge in [-0.05, 0) is 26.2 Å². The fraction of sp³-hybridized carbons (Fsp3) is 0.467. The molecule has 0 saturated heterocycles. The Balaban J connectivity index is 2.13. The van der Waals surface area contributed by atoms with Gasteiger partial charge < -0.3 is 24.5 Å². The highest BCUT2D eigenvalue weighted by Crippen LogP contribution is 2.14. The maximum Gasteiger partial charge on any atom is 0.271 e. The van der Waals surface area contributed by atoms with E-state index in [1.807, 2.05) is 47.8 Å². The maximum atomic E-state index is 12.3. The quantitative estimate of drug-likeness (QED) is 0.678. The number of carbonyl (C=O) groups excluding carboxylic acids is 1. The van der Waals surface area contributed by atoms with Gasteiger partial charge in [-0.1, -0.05) is 6.07 Å². The lowest BCUT2D eigenvalue weighted by atomic mass is 10.3. The highest BCUT2D eigenvalue weighted by atomic mass is 16.5. The lowest BCUT2D eigenvalue weighted by Gasteiger charge is -2.11. The van der Waals surface area contributed by atoms with Crippen molar-refractivity contribution in [2.45, 2.75) is 6.54 Å². The van der Waals surface area contributed by atoms with Gasteiger partial charge in [0.1, 0.15) is 5.65 Å². The lowest BCUT2D eigenvalue weighted by Crippen LogP contribution is -2.29. The fourth-order valence-corrected chi connectivity index (χ4v) is 2.17. The molecule has 2 rings (SSSR count). The fourth-order valence-electron chi connectivity index (χ4n) is 2.17. The standard InChI is InChI=1S/C15H22N4O3/c1-18(2)11-12-14(15(21)16-6-9-22-10-8-20)17-13-5-3-4-7-19(12)13/h3-5,7,20H,6,8-11H2,1-2H3,(H,16,21). The minimum atomic E-state index is -0.215. The van der Waals surface area contributed by atoms with Crippen LogP contribution in [0.5, 0.6) is 0 Å². The third-order valence-corrected chi connectivity index (χ3v) is 3.08. The third-order valence-electron chi connectivity index (χ3n) is 3.08. The predicted molar refractivity (Wildman–Crippen MR) is 82.8 cm³/mol. The number of nitrogens with one attached hydrogen (secondary N) is 1. The Kier molecular flexibility index (Phi) is 5.88. The number of aliphatic hydroxyl groups is 1. The molecule has 1 amide bonds. The number of hydrogen-bond acceptors (Lipinski definition) is 5. The van der Waals surface area contributed by atoms with Crippen LogP contribution in [0.3, 0.4) is 0 Å². The highest BCUT2D eigenvalue weighted by molar-refractivity contribution is 5.94. The molecular formula is C15H22N4O3. The van der Waals surface area contributed by atoms with Gasteiger partial charge in [-0.15, -0.1) is 0 Å². The smallest absolute Gasteiger partial charge is 0.271 e. The summed E-state index contributed by atoms with van der Waals surface area (Å²) in [6, 6.07) is 5.69. The van der Waals surface area contributed by atoms with Gasteiger partial charge >= 0.3 is 0 Å². The Morgan fingerprint density at radius 3 is 2.95 bits per heavy atom. The van der Waals surface area contributed by atoms with Gasteiger partial charge in [-0.25, -0.2) is 4.98 Å². The number of aliphatic hydroxyl groups excluding tert-OH is 1. The zero-order valence-electron chi connectivity index (χ0n) is 13.0. The number of pyridine rings is 1. The highest BCUT2D eigenvalue weighted by Gasteiger charge is 2.18. The Morgan fingerprint density at radius 1 is 1.41 bits per heavy atom. The van der Waals surface area contributed by atoms with E-state index < -0.39 is 0 Å². The molecule has 0 bridgehead atoms. The van der Waals surface area contributed by atoms with Crippen LogP contribution in [0, 0.1) is 0 Å². The molecule has 120 valence electrons. The zero-order valence-corrected chi connectivity index (χ0v) is 13.0. The molecule has 0 atom stereocenters. The summed E-state index contributed by atoms with van der Waals surface area (Å²) >= 11 is 0. The number of imidazole rings is 1. The van der Waals surface area contributed by atoms with Crippen LogP contribution in [-0.4, -0.2) is 65.8 Å². The molecule has 22 heavy (non-hydrogen) atoms. The first-order chi connectivity index (χ1) is 10.6. The van der Waals surface area contributed by atoms with Crippen molar-refractivity contribution in [1.29, 1.82) is 0 Å². The first-order valence-electron chi connectivity index (χ1n) is 7.21. The Hall–Kier alpha value is -1.96. The van der Waals surface area contributed by atoms with E-state index in [4.69, 9.17) is 9.84 Å². The number of aromatic nitrogens is 2. The molecule has 0 spiro atoms. The summed E-state index contributed by atoms with van der Waals surface area (Å²) in [6.07, 6.45) is 1.91. The number of amides is 1. The summed E-state index contributed by atoms with van der Waals surface area (Å²) in [5, 5.41) is 11.4. The molecule has 0 aliphatic carbocycles. The van der Waals surface area contributed by atoms with Crippen molar-refractivity contribution >= 4 is 11.6 Å². The van der Waals surface area contributed by atoms with Gasteiger partial charge in [-0.3, -0.25) is 4.79 Å². The minimum absolute atomic E-state index is 0.0205. The Bertz CT molecular complexity index is 624. The molecule has 0 aromatic carbocycles. The second-order valence-electron chi connectivity index (χ2n) is 5.17. The summed E-state index contributed by atoms with van der Waals surface area (Å²) in [6.45, 7) is 1.62. The summed E-state index contributed by atoms with van der Waals surface area (Å²) in [4.78, 5) is 18.8. The summed E-state index contributed by atoms with van der Waals surface area (Å²) in [7, 11) is 3.90. The summed E-state index contributed by atoms with van der Waals surface area (Å²) < 4.78 is 7.05. The topological polar surface area (TPSA) is 79.1 Å². The van der Waals surface area contributed by atoms with Crippen molar-refractivity contribution in [2.75, 3.05) is 40.5 Å². The monoisotopic (exact) mass is 306 g/mol. The van der Waals surface area contributed by atoms with E-state index in [2.05, 4.69) is 10.3 Å². The Labute approximate surface area is 129 Å². The van der Waals surface area contributed by atoms with Crippen LogP contribution in [0.4, 0.5) is 0 Å². The van der Waals surface area contributed by atoms with Crippen molar-refractivity contribution in [3.8, 4) is 0 Å². The number of nitrogens with zero attached hydrogens (tertiary/aromatic N) is 3. The Morgan fingerprint density at radius 2 is 2.23 bits per heavy atom. The molecule has 2 aromatic rings. The van der Waals surface area contributed by atoms with E-state index >= 15 is 0 Å². The number of ether oxygens (including phenoxy) is 1. The number of hydrogen-bond donors (Lipinski definition) is 2. The summed E-state index contributed by atoms with van der Waals surface area (Å²) in [5.74, 6) is -0.215. The van der Waals surface area contributed by atoms with Crippen molar-refractivity contribution in [3.63, 3.8) is 0 Å². The molecule has 0 aliphatic heterocycles. The number of carbonyl (C=O) groups is 1. The van der Waals surface area contributed by atoms with Crippen LogP contribution in [0.25, 0.3) is 5.65 Å². The molecule has 0 radical (unpaired) electrons. The average molecular weight is 306 g/mol. The average Bonchev–Trinajstić information content (AvgIpc) is 2.85. The van der Waals surface area contributed by atoms with Gasteiger partial charge in [0.2, 0.25) is 0 Å². The van der Waals surface area contributed by atoms with Crippen LogP contribution in [0.15, 0.2) is 24.4 Å². The minimum Gasteiger partial charge on any atom is -0.394 e. The molecule has 0 saturated carbocycles. The SMILES string of the molecule is CN(C)Cc1c(C(=O)NCCOCCO)nc2ccccn12. The van der Waals surface area contributed by atoms with Crippen LogP contribution in [0.2, 0.25) is 0 Å². The maximum absolute atomic E-state index is 12.3. The van der Waals surface area contributed by atoms with Crippen LogP contribution in [-0.2, 0) is 11.3 Å². The van der Waals surface area contributed by atoms with E-state index in [0.717, 1.165) is 11.3 Å². The molecular weight excluding hydrogens is 284 g/mol. The van der Waals surface area contributed by atoms with Gasteiger partial charge in [0, 0.05) is 19.3 Å². The molecule has 7 heteroatoms.